The Morgan fingerprint density at radius 3 is 2.33 bits per heavy atom. The number of carbonyl (C=O) groups excluding carboxylic acids is 7. The predicted octanol–water partition coefficient (Wildman–Crippen LogP) is 2.16. The summed E-state index contributed by atoms with van der Waals surface area (Å²) in [6.45, 7) is 2.53. The van der Waals surface area contributed by atoms with E-state index < -0.39 is 60.3 Å². The van der Waals surface area contributed by atoms with E-state index in [1.807, 2.05) is 55.5 Å². The van der Waals surface area contributed by atoms with Gasteiger partial charge in [-0.3, -0.25) is 33.6 Å². The molecule has 330 valence electrons. The third-order valence-corrected chi connectivity index (χ3v) is 12.4. The second-order valence-corrected chi connectivity index (χ2v) is 17.2. The second-order valence-electron chi connectivity index (χ2n) is 17.2. The number of nitrogens with one attached hydrogen (secondary N) is 4. The van der Waals surface area contributed by atoms with Gasteiger partial charge in [0.05, 0.1) is 31.7 Å². The summed E-state index contributed by atoms with van der Waals surface area (Å²) >= 11 is 0. The average molecular weight is 843 g/mol. The minimum atomic E-state index is -1.23. The molecule has 2 aromatic rings. The Bertz CT molecular complexity index is 1890. The van der Waals surface area contributed by atoms with Gasteiger partial charge in [-0.2, -0.15) is 0 Å². The van der Waals surface area contributed by atoms with E-state index in [1.165, 1.54) is 9.80 Å². The number of ether oxygens (including phenoxy) is 2. The normalized spacial score (nSPS) is 22.5. The topological polar surface area (TPSA) is 193 Å². The molecule has 2 fully saturated rings. The Labute approximate surface area is 358 Å². The maximum Gasteiger partial charge on any atom is 0.290 e. The Balaban J connectivity index is 1.12. The largest absolute Gasteiger partial charge is 0.377 e. The van der Waals surface area contributed by atoms with Gasteiger partial charge >= 0.3 is 0 Å². The number of likely N-dealkylation sites (N-methyl/N-ethyl adjacent to an activating group) is 1. The molecule has 2 aromatic carbocycles. The first-order valence-electron chi connectivity index (χ1n) is 22.0. The van der Waals surface area contributed by atoms with Crippen LogP contribution in [-0.2, 0) is 68.9 Å². The third-order valence-electron chi connectivity index (χ3n) is 12.4. The smallest absolute Gasteiger partial charge is 0.290 e. The quantitative estimate of drug-likeness (QED) is 0.232. The number of fused-ring (bicyclic) bond motifs is 5. The number of nitrogens with zero attached hydrogens (tertiary/aromatic N) is 2. The molecule has 0 aromatic heterocycles. The Kier molecular flexibility index (Phi) is 16.1. The van der Waals surface area contributed by atoms with Gasteiger partial charge in [0.25, 0.3) is 5.91 Å². The molecule has 0 spiro atoms. The van der Waals surface area contributed by atoms with E-state index in [9.17, 15) is 33.6 Å². The van der Waals surface area contributed by atoms with Gasteiger partial charge in [0.15, 0.2) is 0 Å². The van der Waals surface area contributed by atoms with Crippen molar-refractivity contribution in [1.82, 2.24) is 31.1 Å². The molecule has 61 heavy (non-hydrogen) atoms. The molecule has 2 aliphatic carbocycles. The maximum absolute atomic E-state index is 14.6. The van der Waals surface area contributed by atoms with E-state index in [0.29, 0.717) is 45.5 Å². The number of amides is 6. The minimum Gasteiger partial charge on any atom is -0.377 e. The van der Waals surface area contributed by atoms with Gasteiger partial charge in [-0.25, -0.2) is 0 Å². The van der Waals surface area contributed by atoms with Crippen molar-refractivity contribution in [3.63, 3.8) is 0 Å². The van der Waals surface area contributed by atoms with Crippen LogP contribution in [0.15, 0.2) is 48.5 Å². The highest BCUT2D eigenvalue weighted by atomic mass is 16.5. The molecule has 5 atom stereocenters. The number of hydrogen-bond acceptors (Lipinski definition) is 9. The van der Waals surface area contributed by atoms with E-state index in [-0.39, 0.29) is 55.4 Å². The van der Waals surface area contributed by atoms with E-state index >= 15 is 0 Å². The van der Waals surface area contributed by atoms with E-state index in [0.717, 1.165) is 54.4 Å². The van der Waals surface area contributed by atoms with Gasteiger partial charge < -0.3 is 40.5 Å². The van der Waals surface area contributed by atoms with Crippen LogP contribution in [0.4, 0.5) is 0 Å². The summed E-state index contributed by atoms with van der Waals surface area (Å²) in [4.78, 5) is 98.7. The van der Waals surface area contributed by atoms with Crippen LogP contribution in [-0.4, -0.2) is 122 Å². The van der Waals surface area contributed by atoms with Gasteiger partial charge in [0.2, 0.25) is 35.3 Å². The second kappa shape index (κ2) is 21.6. The summed E-state index contributed by atoms with van der Waals surface area (Å²) in [5.41, 5.74) is 3.99. The fourth-order valence-electron chi connectivity index (χ4n) is 9.22. The highest BCUT2D eigenvalue weighted by Crippen LogP contribution is 2.31. The standard InChI is InChI=1S/C46H62N6O9/c1-4-12-36(42(55)44(57)47-26-39(54)50-41(45(58)51(2)3)34-23-32-17-8-9-18-33(32)24-34)48-43(56)37-25-35-27-52(37)46(59)40(31-15-6-5-7-16-31)49-38(53)22-29-13-10-14-30(21-29)28-60-19-11-20-61-35/h8-10,13-14,17-18,21,31,34-37,40-41H,4-7,11-12,15-16,19-20,22-28H2,1-3H3,(H,47,57)(H,48,56)(H,49,53)(H,50,54)/t35-,36+,37+,40+,41?/m1/s1. The number of rotatable bonds is 12. The lowest BCUT2D eigenvalue weighted by molar-refractivity contribution is -0.144. The summed E-state index contributed by atoms with van der Waals surface area (Å²) in [5, 5.41) is 11.0. The molecule has 2 aliphatic heterocycles. The van der Waals surface area contributed by atoms with Crippen molar-refractivity contribution in [2.24, 2.45) is 11.8 Å². The molecular formula is C46H62N6O9. The van der Waals surface area contributed by atoms with Crippen molar-refractivity contribution in [3.05, 3.63) is 70.8 Å². The van der Waals surface area contributed by atoms with Crippen LogP contribution in [0.1, 0.15) is 87.0 Å². The lowest BCUT2D eigenvalue weighted by Crippen LogP contribution is -2.58. The van der Waals surface area contributed by atoms with Crippen LogP contribution in [0.25, 0.3) is 0 Å². The molecule has 2 heterocycles. The molecule has 1 saturated heterocycles. The Morgan fingerprint density at radius 1 is 0.902 bits per heavy atom. The number of carbonyl (C=O) groups is 7. The minimum absolute atomic E-state index is 0.0780. The van der Waals surface area contributed by atoms with E-state index in [1.54, 1.807) is 14.1 Å². The molecule has 6 amide bonds. The summed E-state index contributed by atoms with van der Waals surface area (Å²) in [7, 11) is 3.23. The molecule has 4 N–H and O–H groups in total. The third kappa shape index (κ3) is 12.0. The molecule has 15 heteroatoms. The Hall–Kier alpha value is -5.15. The lowest BCUT2D eigenvalue weighted by atomic mass is 9.83. The van der Waals surface area contributed by atoms with Gasteiger partial charge in [-0.15, -0.1) is 0 Å². The average Bonchev–Trinajstić information content (AvgIpc) is 3.89. The van der Waals surface area contributed by atoms with E-state index in [2.05, 4.69) is 21.3 Å². The van der Waals surface area contributed by atoms with Crippen LogP contribution in [0.2, 0.25) is 0 Å². The van der Waals surface area contributed by atoms with Crippen molar-refractivity contribution >= 4 is 41.2 Å². The van der Waals surface area contributed by atoms with Gasteiger partial charge in [-0.1, -0.05) is 81.1 Å². The molecule has 0 radical (unpaired) electrons. The summed E-state index contributed by atoms with van der Waals surface area (Å²) in [6.07, 6.45) is 6.56. The van der Waals surface area contributed by atoms with Crippen LogP contribution in [0.5, 0.6) is 0 Å². The zero-order valence-corrected chi connectivity index (χ0v) is 35.7. The first-order valence-corrected chi connectivity index (χ1v) is 22.0. The molecular weight excluding hydrogens is 781 g/mol. The van der Waals surface area contributed by atoms with Crippen molar-refractivity contribution in [2.45, 2.75) is 121 Å². The highest BCUT2D eigenvalue weighted by molar-refractivity contribution is 6.38. The fourth-order valence-corrected chi connectivity index (χ4v) is 9.22. The molecule has 6 rings (SSSR count). The van der Waals surface area contributed by atoms with Gasteiger partial charge in [0, 0.05) is 40.3 Å². The van der Waals surface area contributed by atoms with Gasteiger partial charge in [0.1, 0.15) is 18.1 Å². The monoisotopic (exact) mass is 842 g/mol. The summed E-state index contributed by atoms with van der Waals surface area (Å²) in [6, 6.07) is 11.6. The van der Waals surface area contributed by atoms with Crippen LogP contribution < -0.4 is 21.3 Å². The van der Waals surface area contributed by atoms with Crippen molar-refractivity contribution in [1.29, 1.82) is 0 Å². The van der Waals surface area contributed by atoms with Crippen molar-refractivity contribution < 1.29 is 43.0 Å². The predicted molar refractivity (Wildman–Crippen MR) is 226 cm³/mol. The summed E-state index contributed by atoms with van der Waals surface area (Å²) < 4.78 is 12.1. The van der Waals surface area contributed by atoms with Crippen molar-refractivity contribution in [3.8, 4) is 0 Å². The van der Waals surface area contributed by atoms with Crippen LogP contribution in [0.3, 0.4) is 0 Å². The Morgan fingerprint density at radius 2 is 1.62 bits per heavy atom. The fraction of sp³-hybridized carbons (Fsp3) is 0.587. The summed E-state index contributed by atoms with van der Waals surface area (Å²) in [5.74, 6) is -4.46. The number of Topliss-reactive ketones (excluding diaryl/α,β-unsaturated/α-hetero) is 1. The molecule has 1 saturated carbocycles. The maximum atomic E-state index is 14.6. The first kappa shape index (κ1) is 45.4. The zero-order chi connectivity index (χ0) is 43.5. The van der Waals surface area contributed by atoms with Crippen molar-refractivity contribution in [2.75, 3.05) is 40.4 Å². The number of benzene rings is 2. The number of hydrogen-bond donors (Lipinski definition) is 4. The highest BCUT2D eigenvalue weighted by Gasteiger charge is 2.45. The SMILES string of the molecule is CCC[C@H](NC(=O)[C@@H]1C[C@@H]2CN1C(=O)[C@H](C1CCCCC1)NC(=O)Cc1cccc(c1)COCCCO2)C(=O)C(=O)NCC(=O)NC(C(=O)N(C)C)C1Cc2ccccc2C1. The molecule has 4 aliphatic rings. The zero-order valence-electron chi connectivity index (χ0n) is 35.7. The molecule has 15 nitrogen and oxygen atoms in total. The van der Waals surface area contributed by atoms with Gasteiger partial charge in [-0.05, 0) is 72.6 Å². The van der Waals surface area contributed by atoms with Crippen LogP contribution in [0, 0.1) is 11.8 Å². The van der Waals surface area contributed by atoms with E-state index in [4.69, 9.17) is 9.47 Å². The lowest BCUT2D eigenvalue weighted by Gasteiger charge is -2.35. The molecule has 1 unspecified atom stereocenters. The first-order chi connectivity index (χ1) is 29.4. The number of ketones is 1. The molecule has 4 bridgehead atoms. The van der Waals surface area contributed by atoms with Crippen LogP contribution >= 0.6 is 0 Å².